The molecule has 4 aromatic carbocycles. The van der Waals surface area contributed by atoms with Crippen molar-refractivity contribution in [2.45, 2.75) is 127 Å². The molecule has 8 aliphatic rings. The Morgan fingerprint density at radius 1 is 0.429 bits per heavy atom. The van der Waals surface area contributed by atoms with Gasteiger partial charge in [0.25, 0.3) is 0 Å². The molecule has 0 amide bonds. The minimum absolute atomic E-state index is 0. The van der Waals surface area contributed by atoms with Crippen LogP contribution in [0.4, 0.5) is 0 Å². The van der Waals surface area contributed by atoms with Crippen LogP contribution in [0.25, 0.3) is 44.8 Å². The molecule has 63 heavy (non-hydrogen) atoms. The van der Waals surface area contributed by atoms with Gasteiger partial charge in [-0.05, 0) is 147 Å². The van der Waals surface area contributed by atoms with Gasteiger partial charge in [-0.25, -0.2) is 4.98 Å². The van der Waals surface area contributed by atoms with E-state index in [4.69, 9.17) is 4.98 Å². The molecule has 8 saturated carbocycles. The molecule has 2 N–H and O–H groups in total. The van der Waals surface area contributed by atoms with Gasteiger partial charge in [0, 0.05) is 59.2 Å². The second kappa shape index (κ2) is 16.7. The van der Waals surface area contributed by atoms with Gasteiger partial charge in [-0.1, -0.05) is 129 Å². The van der Waals surface area contributed by atoms with Gasteiger partial charge in [0.15, 0.2) is 0 Å². The zero-order valence-corrected chi connectivity index (χ0v) is 45.0. The Morgan fingerprint density at radius 3 is 1.03 bits per heavy atom. The van der Waals surface area contributed by atoms with E-state index in [-0.39, 0.29) is 51.5 Å². The van der Waals surface area contributed by atoms with Crippen molar-refractivity contribution in [2.75, 3.05) is 0 Å². The van der Waals surface area contributed by atoms with Crippen molar-refractivity contribution in [3.63, 3.8) is 0 Å². The molecule has 6 heteroatoms. The maximum atomic E-state index is 12.6. The number of rotatable bonds is 8. The van der Waals surface area contributed by atoms with E-state index < -0.39 is 16.1 Å². The topological polar surface area (TPSA) is 53.4 Å². The number of nitrogens with zero attached hydrogens (tertiary/aromatic N) is 1. The van der Waals surface area contributed by atoms with Crippen molar-refractivity contribution < 1.29 is 36.1 Å². The molecular weight excluding hydrogens is 965 g/mol. The van der Waals surface area contributed by atoms with Crippen LogP contribution in [0.3, 0.4) is 0 Å². The Morgan fingerprint density at radius 2 is 0.730 bits per heavy atom. The number of benzene rings is 4. The monoisotopic (exact) mass is 1040 g/mol. The van der Waals surface area contributed by atoms with Gasteiger partial charge in [-0.15, -0.1) is 0 Å². The van der Waals surface area contributed by atoms with Crippen molar-refractivity contribution in [2.24, 2.45) is 35.5 Å². The number of pyridine rings is 1. The summed E-state index contributed by atoms with van der Waals surface area (Å²) < 4.78 is 0. The first kappa shape index (κ1) is 46.5. The molecule has 5 aromatic rings. The van der Waals surface area contributed by atoms with Gasteiger partial charge in [0.05, 0.1) is 27.5 Å². The maximum Gasteiger partial charge on any atom is 0.127 e. The fraction of sp³-hybridized carbons (Fsp3) is 0.456. The summed E-state index contributed by atoms with van der Waals surface area (Å²) in [7, 11) is -3.49. The molecule has 3 nitrogen and oxygen atoms in total. The van der Waals surface area contributed by atoms with Crippen LogP contribution in [0.5, 0.6) is 11.5 Å². The first-order valence-corrected chi connectivity index (χ1v) is 30.6. The molecule has 1 aromatic heterocycles. The normalized spacial score (nSPS) is 28.9. The molecule has 13 rings (SSSR count). The van der Waals surface area contributed by atoms with Gasteiger partial charge in [-0.2, -0.15) is 0 Å². The third kappa shape index (κ3) is 7.96. The Kier molecular flexibility index (Phi) is 12.3. The predicted octanol–water partition coefficient (Wildman–Crippen LogP) is 14.1. The Bertz CT molecular complexity index is 2290. The number of aromatic nitrogens is 1. The van der Waals surface area contributed by atoms with Crippen molar-refractivity contribution >= 4 is 26.5 Å². The quantitative estimate of drug-likeness (QED) is 0.120. The van der Waals surface area contributed by atoms with E-state index in [0.717, 1.165) is 80.3 Å². The summed E-state index contributed by atoms with van der Waals surface area (Å²) in [5.74, 6) is 5.84. The average molecular weight is 1040 g/mol. The van der Waals surface area contributed by atoms with E-state index in [1.165, 1.54) is 98.6 Å². The van der Waals surface area contributed by atoms with Crippen LogP contribution in [-0.4, -0.2) is 31.3 Å². The van der Waals surface area contributed by atoms with Crippen LogP contribution in [0.1, 0.15) is 88.2 Å². The second-order valence-electron chi connectivity index (χ2n) is 23.2. The fourth-order valence-electron chi connectivity index (χ4n) is 14.9. The third-order valence-corrected chi connectivity index (χ3v) is 20.9. The summed E-state index contributed by atoms with van der Waals surface area (Å²) in [6, 6.07) is 33.3. The minimum atomic E-state index is -1.74. The number of hydrogen-bond donors (Lipinski definition) is 2. The van der Waals surface area contributed by atoms with Crippen molar-refractivity contribution in [3.05, 3.63) is 117 Å². The zero-order valence-electron chi connectivity index (χ0n) is 39.5. The smallest absolute Gasteiger partial charge is 0.127 e. The standard InChI is InChI=1S/C55H65NO2Si2.2CH3.Hf/c1-59(2,3)40-24-46(52(57)48(26-40)54-28-34-18-35(29-54)20-36(19-34)30-54)42-12-7-9-14-44(42)50-16-11-17-51(56-50)45-15-10-8-13-43(45)47-25-41(60(4,5)6)27-49(53(47)58)55-31-37-21-38(32-55)23-39(22-37)33-55;;;/h7-17,24-27,34-39,57-58H,18-23,28-33H2,1-6H3;2*1H3;/q;2*-1;. The van der Waals surface area contributed by atoms with E-state index >= 15 is 0 Å². The molecular formula is C57H71HfNO2Si2-2. The minimum Gasteiger partial charge on any atom is -0.507 e. The molecule has 1 heterocycles. The molecule has 330 valence electrons. The molecule has 0 aliphatic heterocycles. The summed E-state index contributed by atoms with van der Waals surface area (Å²) in [4.78, 5) is 5.50. The molecule has 0 atom stereocenters. The van der Waals surface area contributed by atoms with Crippen LogP contribution in [0.15, 0.2) is 91.0 Å². The first-order chi connectivity index (χ1) is 28.6. The number of aromatic hydroxyl groups is 2. The summed E-state index contributed by atoms with van der Waals surface area (Å²) in [6.45, 7) is 14.7. The van der Waals surface area contributed by atoms with E-state index in [1.54, 1.807) is 0 Å². The number of hydrogen-bond acceptors (Lipinski definition) is 3. The van der Waals surface area contributed by atoms with Gasteiger partial charge in [0.1, 0.15) is 11.5 Å². The van der Waals surface area contributed by atoms with Crippen LogP contribution in [0, 0.1) is 50.4 Å². The third-order valence-electron chi connectivity index (χ3n) is 16.9. The molecule has 0 spiro atoms. The Labute approximate surface area is 400 Å². The van der Waals surface area contributed by atoms with E-state index in [1.807, 2.05) is 0 Å². The summed E-state index contributed by atoms with van der Waals surface area (Å²) in [5.41, 5.74) is 10.6. The largest absolute Gasteiger partial charge is 0.507 e. The van der Waals surface area contributed by atoms with E-state index in [2.05, 4.69) is 130 Å². The van der Waals surface area contributed by atoms with Crippen LogP contribution in [0.2, 0.25) is 39.3 Å². The van der Waals surface area contributed by atoms with Gasteiger partial charge in [0.2, 0.25) is 0 Å². The number of phenols is 2. The fourth-order valence-corrected chi connectivity index (χ4v) is 17.2. The average Bonchev–Trinajstić information content (AvgIpc) is 3.19. The molecule has 0 unspecified atom stereocenters. The summed E-state index contributed by atoms with van der Waals surface area (Å²) in [6.07, 6.45) is 15.7. The summed E-state index contributed by atoms with van der Waals surface area (Å²) in [5, 5.41) is 28.1. The van der Waals surface area contributed by atoms with Gasteiger partial charge < -0.3 is 25.1 Å². The van der Waals surface area contributed by atoms with Crippen molar-refractivity contribution in [1.82, 2.24) is 4.98 Å². The van der Waals surface area contributed by atoms with Gasteiger partial charge in [-0.3, -0.25) is 0 Å². The second-order valence-corrected chi connectivity index (χ2v) is 33.4. The molecule has 8 aliphatic carbocycles. The predicted molar refractivity (Wildman–Crippen MR) is 268 cm³/mol. The van der Waals surface area contributed by atoms with E-state index in [9.17, 15) is 10.2 Å². The Balaban J connectivity index is 0.00000181. The maximum absolute atomic E-state index is 12.6. The van der Waals surface area contributed by atoms with Crippen molar-refractivity contribution in [1.29, 1.82) is 0 Å². The molecule has 8 fully saturated rings. The van der Waals surface area contributed by atoms with Crippen LogP contribution >= 0.6 is 0 Å². The SMILES string of the molecule is C[Si](C)(C)c1cc(-c2ccccc2-c2cccc(-c3ccccc3-c3cc([Si](C)(C)C)cc(C45CC6CC(CC(C6)C4)C5)c3O)n2)c(O)c(C23CC4CC(CC(C4)C2)C3)c1.[CH3-].[CH3-].[Hf]. The Hall–Kier alpha value is -3.07. The van der Waals surface area contributed by atoms with Gasteiger partial charge >= 0.3 is 0 Å². The molecule has 0 radical (unpaired) electrons. The number of phenolic OH excluding ortho intramolecular Hbond substituents is 2. The summed E-state index contributed by atoms with van der Waals surface area (Å²) >= 11 is 0. The molecule has 0 saturated heterocycles. The van der Waals surface area contributed by atoms with E-state index in [0.29, 0.717) is 11.5 Å². The van der Waals surface area contributed by atoms with Crippen LogP contribution in [-0.2, 0) is 36.7 Å². The first-order valence-electron chi connectivity index (χ1n) is 23.6. The molecule has 8 bridgehead atoms. The zero-order chi connectivity index (χ0) is 41.3. The van der Waals surface area contributed by atoms with Crippen molar-refractivity contribution in [3.8, 4) is 56.3 Å². The van der Waals surface area contributed by atoms with Crippen LogP contribution < -0.4 is 10.4 Å².